The number of aliphatic hydroxyl groups excluding tert-OH is 1. The maximum absolute atomic E-state index is 11.1. The molecule has 0 aliphatic heterocycles. The summed E-state index contributed by atoms with van der Waals surface area (Å²) in [4.78, 5) is 11.1. The molecule has 0 saturated heterocycles. The zero-order valence-corrected chi connectivity index (χ0v) is 11.6. The van der Waals surface area contributed by atoms with Crippen LogP contribution in [0.2, 0.25) is 0 Å². The highest BCUT2D eigenvalue weighted by atomic mass is 16.5. The van der Waals surface area contributed by atoms with E-state index in [9.17, 15) is 9.90 Å². The van der Waals surface area contributed by atoms with Crippen LogP contribution >= 0.6 is 0 Å². The molecule has 19 heavy (non-hydrogen) atoms. The Morgan fingerprint density at radius 1 is 1.37 bits per heavy atom. The lowest BCUT2D eigenvalue weighted by molar-refractivity contribution is -0.114. The highest BCUT2D eigenvalue weighted by Crippen LogP contribution is 2.23. The van der Waals surface area contributed by atoms with E-state index in [1.807, 2.05) is 26.0 Å². The summed E-state index contributed by atoms with van der Waals surface area (Å²) in [6.45, 7) is 6.12. The summed E-state index contributed by atoms with van der Waals surface area (Å²) in [5.74, 6) is 0.402. The monoisotopic (exact) mass is 266 g/mol. The first-order valence-corrected chi connectivity index (χ1v) is 6.40. The molecule has 1 atom stereocenters. The summed E-state index contributed by atoms with van der Waals surface area (Å²) in [6.07, 6.45) is -0.590. The van der Waals surface area contributed by atoms with Gasteiger partial charge in [0.2, 0.25) is 5.91 Å². The van der Waals surface area contributed by atoms with Crippen LogP contribution in [0.4, 0.5) is 5.69 Å². The summed E-state index contributed by atoms with van der Waals surface area (Å²) in [5.41, 5.74) is 0.610. The molecule has 106 valence electrons. The predicted molar refractivity (Wildman–Crippen MR) is 75.4 cm³/mol. The van der Waals surface area contributed by atoms with Crippen LogP contribution in [-0.2, 0) is 4.79 Å². The topological polar surface area (TPSA) is 70.6 Å². The van der Waals surface area contributed by atoms with E-state index in [0.717, 1.165) is 0 Å². The minimum Gasteiger partial charge on any atom is -0.489 e. The number of ether oxygens (including phenoxy) is 1. The van der Waals surface area contributed by atoms with Crippen LogP contribution in [-0.4, -0.2) is 36.3 Å². The largest absolute Gasteiger partial charge is 0.489 e. The Labute approximate surface area is 114 Å². The molecule has 1 amide bonds. The first kappa shape index (κ1) is 15.5. The molecule has 1 aromatic carbocycles. The number of benzene rings is 1. The highest BCUT2D eigenvalue weighted by Gasteiger charge is 2.09. The van der Waals surface area contributed by atoms with Gasteiger partial charge in [0, 0.05) is 19.5 Å². The minimum atomic E-state index is -0.590. The summed E-state index contributed by atoms with van der Waals surface area (Å²) in [5, 5.41) is 15.6. The van der Waals surface area contributed by atoms with Crippen molar-refractivity contribution in [3.05, 3.63) is 24.3 Å². The molecule has 0 radical (unpaired) electrons. The van der Waals surface area contributed by atoms with Crippen LogP contribution < -0.4 is 15.4 Å². The molecule has 1 unspecified atom stereocenters. The number of amides is 1. The van der Waals surface area contributed by atoms with Gasteiger partial charge in [0.25, 0.3) is 0 Å². The standard InChI is InChI=1S/C14H22N2O3/c1-10(2)15-8-12(18)9-19-14-7-5-4-6-13(14)16-11(3)17/h4-7,10,12,15,18H,8-9H2,1-3H3,(H,16,17). The first-order chi connectivity index (χ1) is 8.99. The van der Waals surface area contributed by atoms with E-state index in [1.54, 1.807) is 12.1 Å². The Balaban J connectivity index is 2.50. The van der Waals surface area contributed by atoms with Crippen molar-refractivity contribution in [2.24, 2.45) is 0 Å². The summed E-state index contributed by atoms with van der Waals surface area (Å²) >= 11 is 0. The molecule has 0 spiro atoms. The van der Waals surface area contributed by atoms with Gasteiger partial charge in [-0.2, -0.15) is 0 Å². The van der Waals surface area contributed by atoms with Crippen LogP contribution in [0, 0.1) is 0 Å². The van der Waals surface area contributed by atoms with Gasteiger partial charge < -0.3 is 20.5 Å². The lowest BCUT2D eigenvalue weighted by Gasteiger charge is -2.16. The summed E-state index contributed by atoms with van der Waals surface area (Å²) in [6, 6.07) is 7.47. The number of carbonyl (C=O) groups excluding carboxylic acids is 1. The molecule has 0 fully saturated rings. The van der Waals surface area contributed by atoms with Gasteiger partial charge in [-0.15, -0.1) is 0 Å². The molecule has 0 aromatic heterocycles. The van der Waals surface area contributed by atoms with E-state index in [1.165, 1.54) is 6.92 Å². The molecule has 0 heterocycles. The van der Waals surface area contributed by atoms with Crippen molar-refractivity contribution in [2.75, 3.05) is 18.5 Å². The number of nitrogens with one attached hydrogen (secondary N) is 2. The normalized spacial score (nSPS) is 12.3. The molecule has 0 bridgehead atoms. The number of para-hydroxylation sites is 2. The Morgan fingerprint density at radius 3 is 2.68 bits per heavy atom. The minimum absolute atomic E-state index is 0.155. The Hall–Kier alpha value is -1.59. The Bertz CT molecular complexity index is 407. The van der Waals surface area contributed by atoms with E-state index in [2.05, 4.69) is 10.6 Å². The van der Waals surface area contributed by atoms with Gasteiger partial charge in [-0.3, -0.25) is 4.79 Å². The van der Waals surface area contributed by atoms with E-state index in [0.29, 0.717) is 24.0 Å². The zero-order chi connectivity index (χ0) is 14.3. The predicted octanol–water partition coefficient (Wildman–Crippen LogP) is 1.38. The van der Waals surface area contributed by atoms with Gasteiger partial charge in [0.1, 0.15) is 18.5 Å². The quantitative estimate of drug-likeness (QED) is 0.697. The average Bonchev–Trinajstić information content (AvgIpc) is 2.34. The number of hydrogen-bond donors (Lipinski definition) is 3. The maximum atomic E-state index is 11.1. The second kappa shape index (κ2) is 7.76. The number of hydrogen-bond acceptors (Lipinski definition) is 4. The lowest BCUT2D eigenvalue weighted by Crippen LogP contribution is -2.35. The van der Waals surface area contributed by atoms with Crippen molar-refractivity contribution < 1.29 is 14.6 Å². The molecular weight excluding hydrogens is 244 g/mol. The highest BCUT2D eigenvalue weighted by molar-refractivity contribution is 5.90. The third kappa shape index (κ3) is 6.22. The number of rotatable bonds is 7. The van der Waals surface area contributed by atoms with Crippen molar-refractivity contribution >= 4 is 11.6 Å². The Morgan fingerprint density at radius 2 is 2.05 bits per heavy atom. The van der Waals surface area contributed by atoms with Gasteiger partial charge in [-0.25, -0.2) is 0 Å². The average molecular weight is 266 g/mol. The van der Waals surface area contributed by atoms with Gasteiger partial charge in [-0.05, 0) is 12.1 Å². The second-order valence-electron chi connectivity index (χ2n) is 4.71. The van der Waals surface area contributed by atoms with E-state index >= 15 is 0 Å². The summed E-state index contributed by atoms with van der Waals surface area (Å²) in [7, 11) is 0. The van der Waals surface area contributed by atoms with Gasteiger partial charge in [-0.1, -0.05) is 26.0 Å². The van der Waals surface area contributed by atoms with Crippen LogP contribution in [0.5, 0.6) is 5.75 Å². The molecule has 1 rings (SSSR count). The molecule has 5 nitrogen and oxygen atoms in total. The maximum Gasteiger partial charge on any atom is 0.221 e. The molecular formula is C14H22N2O3. The lowest BCUT2D eigenvalue weighted by atomic mass is 10.3. The summed E-state index contributed by atoms with van der Waals surface area (Å²) < 4.78 is 5.53. The fourth-order valence-electron chi connectivity index (χ4n) is 1.50. The molecule has 1 aromatic rings. The molecule has 3 N–H and O–H groups in total. The van der Waals surface area contributed by atoms with Gasteiger partial charge >= 0.3 is 0 Å². The molecule has 0 saturated carbocycles. The van der Waals surface area contributed by atoms with Crippen molar-refractivity contribution in [3.63, 3.8) is 0 Å². The molecule has 5 heteroatoms. The second-order valence-corrected chi connectivity index (χ2v) is 4.71. The van der Waals surface area contributed by atoms with Crippen molar-refractivity contribution in [1.29, 1.82) is 0 Å². The Kier molecular flexibility index (Phi) is 6.32. The van der Waals surface area contributed by atoms with Crippen molar-refractivity contribution in [3.8, 4) is 5.75 Å². The van der Waals surface area contributed by atoms with Crippen molar-refractivity contribution in [1.82, 2.24) is 5.32 Å². The number of carbonyl (C=O) groups is 1. The van der Waals surface area contributed by atoms with Gasteiger partial charge in [0.05, 0.1) is 5.69 Å². The van der Waals surface area contributed by atoms with E-state index in [-0.39, 0.29) is 12.5 Å². The van der Waals surface area contributed by atoms with Crippen LogP contribution in [0.1, 0.15) is 20.8 Å². The molecule has 0 aliphatic rings. The fourth-order valence-corrected chi connectivity index (χ4v) is 1.50. The van der Waals surface area contributed by atoms with E-state index < -0.39 is 6.10 Å². The van der Waals surface area contributed by atoms with Crippen LogP contribution in [0.3, 0.4) is 0 Å². The SMILES string of the molecule is CC(=O)Nc1ccccc1OCC(O)CNC(C)C. The third-order valence-electron chi connectivity index (χ3n) is 2.39. The molecule has 0 aliphatic carbocycles. The fraction of sp³-hybridized carbons (Fsp3) is 0.500. The van der Waals surface area contributed by atoms with Crippen molar-refractivity contribution in [2.45, 2.75) is 32.9 Å². The zero-order valence-electron chi connectivity index (χ0n) is 11.6. The van der Waals surface area contributed by atoms with E-state index in [4.69, 9.17) is 4.74 Å². The van der Waals surface area contributed by atoms with Crippen LogP contribution in [0.15, 0.2) is 24.3 Å². The first-order valence-electron chi connectivity index (χ1n) is 6.40. The third-order valence-corrected chi connectivity index (χ3v) is 2.39. The smallest absolute Gasteiger partial charge is 0.221 e. The number of anilines is 1. The van der Waals surface area contributed by atoms with Gasteiger partial charge in [0.15, 0.2) is 0 Å². The number of aliphatic hydroxyl groups is 1. The van der Waals surface area contributed by atoms with Crippen LogP contribution in [0.25, 0.3) is 0 Å².